The van der Waals surface area contributed by atoms with Gasteiger partial charge in [0.1, 0.15) is 17.8 Å². The van der Waals surface area contributed by atoms with Gasteiger partial charge in [0.15, 0.2) is 17.2 Å². The first-order valence-corrected chi connectivity index (χ1v) is 11.2. The van der Waals surface area contributed by atoms with Crippen molar-refractivity contribution >= 4 is 34.6 Å². The summed E-state index contributed by atoms with van der Waals surface area (Å²) in [4.78, 5) is 47.2. The van der Waals surface area contributed by atoms with E-state index in [0.29, 0.717) is 28.6 Å². The van der Waals surface area contributed by atoms with Crippen LogP contribution in [0, 0.1) is 0 Å². The minimum atomic E-state index is -0.896. The molecule has 2 aromatic carbocycles. The Morgan fingerprint density at radius 1 is 1.03 bits per heavy atom. The normalized spacial score (nSPS) is 10.9. The van der Waals surface area contributed by atoms with Crippen LogP contribution in [0.1, 0.15) is 24.3 Å². The molecule has 4 rings (SSSR count). The molecule has 4 aromatic rings. The molecule has 0 saturated carbocycles. The maximum absolute atomic E-state index is 13.6. The predicted octanol–water partition coefficient (Wildman–Crippen LogP) is 2.96. The number of aromatic nitrogens is 4. The summed E-state index contributed by atoms with van der Waals surface area (Å²) < 4.78 is 12.9. The number of nitrogens with two attached hydrogens (primary N) is 1. The Hall–Kier alpha value is -4.18. The standard InChI is InChI=1S/C24H22ClN5O5/c1-3-34-15-11-9-14(10-12-15)30-23-20(29(24(30)33)13-18(31)35-4-2)19(21(26)32)27-22(28-23)16-7-5-6-8-17(16)25/h5-12H,3-4,13H2,1-2H3,(H2,26,32). The Balaban J connectivity index is 2.05. The summed E-state index contributed by atoms with van der Waals surface area (Å²) >= 11 is 6.34. The molecule has 2 N–H and O–H groups in total. The van der Waals surface area contributed by atoms with Gasteiger partial charge in [0.2, 0.25) is 0 Å². The third-order valence-electron chi connectivity index (χ3n) is 5.12. The molecule has 0 fully saturated rings. The summed E-state index contributed by atoms with van der Waals surface area (Å²) in [6.45, 7) is 3.66. The lowest BCUT2D eigenvalue weighted by Crippen LogP contribution is -2.28. The third-order valence-corrected chi connectivity index (χ3v) is 5.45. The highest BCUT2D eigenvalue weighted by Crippen LogP contribution is 2.28. The topological polar surface area (TPSA) is 131 Å². The van der Waals surface area contributed by atoms with Crippen molar-refractivity contribution in [2.24, 2.45) is 5.73 Å². The first kappa shape index (κ1) is 24.0. The number of carbonyl (C=O) groups excluding carboxylic acids is 2. The second-order valence-corrected chi connectivity index (χ2v) is 7.76. The van der Waals surface area contributed by atoms with Crippen LogP contribution in [0.15, 0.2) is 53.3 Å². The van der Waals surface area contributed by atoms with Gasteiger partial charge in [0.05, 0.1) is 23.9 Å². The molecule has 2 aromatic heterocycles. The molecule has 2 heterocycles. The van der Waals surface area contributed by atoms with Crippen molar-refractivity contribution in [3.05, 3.63) is 69.7 Å². The van der Waals surface area contributed by atoms with E-state index in [0.717, 1.165) is 4.57 Å². The van der Waals surface area contributed by atoms with E-state index in [4.69, 9.17) is 26.8 Å². The van der Waals surface area contributed by atoms with Crippen LogP contribution in [0.25, 0.3) is 28.2 Å². The van der Waals surface area contributed by atoms with Crippen molar-refractivity contribution in [1.82, 2.24) is 19.1 Å². The summed E-state index contributed by atoms with van der Waals surface area (Å²) in [6, 6.07) is 13.6. The van der Waals surface area contributed by atoms with Gasteiger partial charge in [-0.1, -0.05) is 23.7 Å². The molecule has 0 aliphatic rings. The minimum Gasteiger partial charge on any atom is -0.494 e. The molecule has 0 aliphatic heterocycles. The lowest BCUT2D eigenvalue weighted by Gasteiger charge is -2.09. The Kier molecular flexibility index (Phi) is 6.83. The smallest absolute Gasteiger partial charge is 0.335 e. The molecule has 1 amide bonds. The minimum absolute atomic E-state index is 0.0141. The van der Waals surface area contributed by atoms with Crippen molar-refractivity contribution in [2.45, 2.75) is 20.4 Å². The SMILES string of the molecule is CCOC(=O)Cn1c(=O)n(-c2ccc(OCC)cc2)c2nc(-c3ccccc3Cl)nc(C(N)=O)c21. The highest BCUT2D eigenvalue weighted by atomic mass is 35.5. The quantitative estimate of drug-likeness (QED) is 0.372. The van der Waals surface area contributed by atoms with Gasteiger partial charge < -0.3 is 15.2 Å². The molecule has 0 radical (unpaired) electrons. The fourth-order valence-corrected chi connectivity index (χ4v) is 3.88. The number of primary amides is 1. The van der Waals surface area contributed by atoms with Crippen molar-refractivity contribution in [1.29, 1.82) is 0 Å². The number of nitrogens with zero attached hydrogens (tertiary/aromatic N) is 4. The number of carbonyl (C=O) groups is 2. The number of halogens is 1. The Bertz CT molecular complexity index is 1480. The second-order valence-electron chi connectivity index (χ2n) is 7.35. The number of ether oxygens (including phenoxy) is 2. The van der Waals surface area contributed by atoms with Crippen LogP contribution in [-0.4, -0.2) is 44.2 Å². The molecule has 11 heteroatoms. The molecule has 180 valence electrons. The fraction of sp³-hybridized carbons (Fsp3) is 0.208. The maximum atomic E-state index is 13.6. The van der Waals surface area contributed by atoms with Gasteiger partial charge in [-0.05, 0) is 50.2 Å². The molecular formula is C24H22ClN5O5. The first-order chi connectivity index (χ1) is 16.8. The Morgan fingerprint density at radius 3 is 2.37 bits per heavy atom. The monoisotopic (exact) mass is 495 g/mol. The summed E-state index contributed by atoms with van der Waals surface area (Å²) in [5.41, 5.74) is 5.79. The van der Waals surface area contributed by atoms with E-state index >= 15 is 0 Å². The van der Waals surface area contributed by atoms with Gasteiger partial charge in [-0.2, -0.15) is 0 Å². The van der Waals surface area contributed by atoms with E-state index in [9.17, 15) is 14.4 Å². The lowest BCUT2D eigenvalue weighted by atomic mass is 10.2. The first-order valence-electron chi connectivity index (χ1n) is 10.8. The number of hydrogen-bond donors (Lipinski definition) is 1. The summed E-state index contributed by atoms with van der Waals surface area (Å²) in [5.74, 6) is -0.841. The number of rotatable bonds is 8. The van der Waals surface area contributed by atoms with E-state index in [1.54, 1.807) is 55.5 Å². The van der Waals surface area contributed by atoms with Crippen LogP contribution < -0.4 is 16.2 Å². The highest BCUT2D eigenvalue weighted by molar-refractivity contribution is 6.33. The van der Waals surface area contributed by atoms with E-state index < -0.39 is 24.1 Å². The molecular weight excluding hydrogens is 474 g/mol. The van der Waals surface area contributed by atoms with Crippen LogP contribution in [0.3, 0.4) is 0 Å². The van der Waals surface area contributed by atoms with Gasteiger partial charge in [0.25, 0.3) is 5.91 Å². The number of hydrogen-bond acceptors (Lipinski definition) is 7. The Labute approximate surface area is 204 Å². The van der Waals surface area contributed by atoms with E-state index in [2.05, 4.69) is 9.97 Å². The predicted molar refractivity (Wildman–Crippen MR) is 130 cm³/mol. The molecule has 0 spiro atoms. The van der Waals surface area contributed by atoms with Crippen LogP contribution in [0.2, 0.25) is 5.02 Å². The van der Waals surface area contributed by atoms with Crippen molar-refractivity contribution in [3.63, 3.8) is 0 Å². The van der Waals surface area contributed by atoms with Gasteiger partial charge in [0, 0.05) is 5.56 Å². The molecule has 0 unspecified atom stereocenters. The maximum Gasteiger partial charge on any atom is 0.335 e. The van der Waals surface area contributed by atoms with E-state index in [1.807, 2.05) is 6.92 Å². The largest absolute Gasteiger partial charge is 0.494 e. The van der Waals surface area contributed by atoms with Crippen LogP contribution in [0.5, 0.6) is 5.75 Å². The lowest BCUT2D eigenvalue weighted by molar-refractivity contribution is -0.143. The zero-order chi connectivity index (χ0) is 25.1. The van der Waals surface area contributed by atoms with Crippen LogP contribution in [-0.2, 0) is 16.1 Å². The average Bonchev–Trinajstić information content (AvgIpc) is 3.10. The second kappa shape index (κ2) is 9.98. The number of esters is 1. The molecule has 0 saturated heterocycles. The zero-order valence-electron chi connectivity index (χ0n) is 19.0. The van der Waals surface area contributed by atoms with Gasteiger partial charge in [-0.25, -0.2) is 19.3 Å². The highest BCUT2D eigenvalue weighted by Gasteiger charge is 2.26. The van der Waals surface area contributed by atoms with E-state index in [-0.39, 0.29) is 29.3 Å². The Morgan fingerprint density at radius 2 is 1.74 bits per heavy atom. The average molecular weight is 496 g/mol. The van der Waals surface area contributed by atoms with Crippen LogP contribution in [0.4, 0.5) is 0 Å². The molecule has 10 nitrogen and oxygen atoms in total. The summed E-state index contributed by atoms with van der Waals surface area (Å²) in [7, 11) is 0. The van der Waals surface area contributed by atoms with Crippen LogP contribution >= 0.6 is 11.6 Å². The zero-order valence-corrected chi connectivity index (χ0v) is 19.8. The fourth-order valence-electron chi connectivity index (χ4n) is 3.66. The van der Waals surface area contributed by atoms with Gasteiger partial charge in [-0.15, -0.1) is 0 Å². The van der Waals surface area contributed by atoms with Gasteiger partial charge >= 0.3 is 11.7 Å². The number of amides is 1. The van der Waals surface area contributed by atoms with E-state index in [1.165, 1.54) is 4.57 Å². The molecule has 35 heavy (non-hydrogen) atoms. The molecule has 0 bridgehead atoms. The molecule has 0 aliphatic carbocycles. The van der Waals surface area contributed by atoms with Gasteiger partial charge in [-0.3, -0.25) is 14.2 Å². The summed E-state index contributed by atoms with van der Waals surface area (Å²) in [6.07, 6.45) is 0. The number of benzene rings is 2. The number of fused-ring (bicyclic) bond motifs is 1. The number of imidazole rings is 1. The summed E-state index contributed by atoms with van der Waals surface area (Å²) in [5, 5.41) is 0.350. The van der Waals surface area contributed by atoms with Crippen molar-refractivity contribution < 1.29 is 19.1 Å². The third kappa shape index (κ3) is 4.60. The van der Waals surface area contributed by atoms with Crippen molar-refractivity contribution in [2.75, 3.05) is 13.2 Å². The molecule has 0 atom stereocenters. The van der Waals surface area contributed by atoms with Crippen molar-refractivity contribution in [3.8, 4) is 22.8 Å².